The van der Waals surface area contributed by atoms with Crippen molar-refractivity contribution in [3.63, 3.8) is 0 Å². The molecule has 88 valence electrons. The molecule has 3 heteroatoms. The molecule has 2 rings (SSSR count). The van der Waals surface area contributed by atoms with Crippen LogP contribution in [-0.4, -0.2) is 19.1 Å². The Balaban J connectivity index is 2.40. The van der Waals surface area contributed by atoms with Crippen LogP contribution in [0.4, 0.5) is 5.82 Å². The minimum atomic E-state index is 0.547. The third-order valence-corrected chi connectivity index (χ3v) is 2.75. The Bertz CT molecular complexity index is 489. The van der Waals surface area contributed by atoms with Gasteiger partial charge in [-0.25, -0.2) is 4.98 Å². The number of benzene rings is 1. The predicted molar refractivity (Wildman–Crippen MR) is 71.9 cm³/mol. The van der Waals surface area contributed by atoms with E-state index in [0.29, 0.717) is 6.54 Å². The van der Waals surface area contributed by atoms with Gasteiger partial charge in [0.2, 0.25) is 0 Å². The lowest BCUT2D eigenvalue weighted by molar-refractivity contribution is 1.06. The van der Waals surface area contributed by atoms with Gasteiger partial charge in [-0.2, -0.15) is 0 Å². The Morgan fingerprint density at radius 1 is 1.12 bits per heavy atom. The van der Waals surface area contributed by atoms with E-state index in [9.17, 15) is 0 Å². The van der Waals surface area contributed by atoms with Crippen molar-refractivity contribution < 1.29 is 0 Å². The summed E-state index contributed by atoms with van der Waals surface area (Å²) in [5, 5.41) is 0. The van der Waals surface area contributed by atoms with E-state index in [1.54, 1.807) is 0 Å². The highest BCUT2D eigenvalue weighted by Gasteiger charge is 2.04. The molecule has 2 N–H and O–H groups in total. The van der Waals surface area contributed by atoms with Gasteiger partial charge in [-0.15, -0.1) is 0 Å². The summed E-state index contributed by atoms with van der Waals surface area (Å²) in [7, 11) is 3.96. The number of aromatic nitrogens is 1. The molecule has 0 atom stereocenters. The van der Waals surface area contributed by atoms with Crippen LogP contribution < -0.4 is 10.6 Å². The van der Waals surface area contributed by atoms with E-state index in [-0.39, 0.29) is 0 Å². The van der Waals surface area contributed by atoms with Gasteiger partial charge in [0, 0.05) is 32.4 Å². The maximum Gasteiger partial charge on any atom is 0.127 e. The summed E-state index contributed by atoms with van der Waals surface area (Å²) in [5.41, 5.74) is 9.15. The molecule has 1 heterocycles. The van der Waals surface area contributed by atoms with E-state index in [4.69, 9.17) is 5.73 Å². The van der Waals surface area contributed by atoms with Gasteiger partial charge in [0.1, 0.15) is 5.82 Å². The van der Waals surface area contributed by atoms with Crippen molar-refractivity contribution in [1.82, 2.24) is 4.98 Å². The van der Waals surface area contributed by atoms with Gasteiger partial charge in [0.15, 0.2) is 0 Å². The summed E-state index contributed by atoms with van der Waals surface area (Å²) in [5.74, 6) is 0.957. The van der Waals surface area contributed by atoms with Gasteiger partial charge in [-0.05, 0) is 23.3 Å². The first-order valence-electron chi connectivity index (χ1n) is 5.64. The average Bonchev–Trinajstić information content (AvgIpc) is 2.39. The molecule has 0 aliphatic rings. The Morgan fingerprint density at radius 3 is 2.47 bits per heavy atom. The van der Waals surface area contributed by atoms with Crippen molar-refractivity contribution in [1.29, 1.82) is 0 Å². The van der Waals surface area contributed by atoms with Gasteiger partial charge in [0.25, 0.3) is 0 Å². The first-order valence-corrected chi connectivity index (χ1v) is 5.64. The van der Waals surface area contributed by atoms with Crippen molar-refractivity contribution in [3.8, 4) is 11.1 Å². The third-order valence-electron chi connectivity index (χ3n) is 2.75. The fourth-order valence-electron chi connectivity index (χ4n) is 1.79. The summed E-state index contributed by atoms with van der Waals surface area (Å²) < 4.78 is 0. The van der Waals surface area contributed by atoms with Crippen LogP contribution in [0.2, 0.25) is 0 Å². The van der Waals surface area contributed by atoms with Crippen molar-refractivity contribution >= 4 is 5.82 Å². The molecule has 0 bridgehead atoms. The number of nitrogens with two attached hydrogens (primary N) is 1. The first-order chi connectivity index (χ1) is 8.22. The topological polar surface area (TPSA) is 42.1 Å². The van der Waals surface area contributed by atoms with Crippen LogP contribution in [0.3, 0.4) is 0 Å². The van der Waals surface area contributed by atoms with Crippen LogP contribution in [0.5, 0.6) is 0 Å². The summed E-state index contributed by atoms with van der Waals surface area (Å²) in [6.45, 7) is 0.547. The fourth-order valence-corrected chi connectivity index (χ4v) is 1.79. The maximum absolute atomic E-state index is 5.74. The smallest absolute Gasteiger partial charge is 0.127 e. The molecule has 0 aliphatic heterocycles. The molecule has 2 aromatic rings. The molecule has 0 saturated carbocycles. The number of nitrogens with zero attached hydrogens (tertiary/aromatic N) is 2. The van der Waals surface area contributed by atoms with Crippen LogP contribution in [0.15, 0.2) is 42.6 Å². The van der Waals surface area contributed by atoms with E-state index in [2.05, 4.69) is 23.2 Å². The van der Waals surface area contributed by atoms with Gasteiger partial charge >= 0.3 is 0 Å². The molecule has 0 amide bonds. The van der Waals surface area contributed by atoms with Crippen LogP contribution in [0, 0.1) is 0 Å². The summed E-state index contributed by atoms with van der Waals surface area (Å²) in [4.78, 5) is 6.40. The molecule has 3 nitrogen and oxygen atoms in total. The Labute approximate surface area is 102 Å². The lowest BCUT2D eigenvalue weighted by Gasteiger charge is -2.12. The van der Waals surface area contributed by atoms with E-state index >= 15 is 0 Å². The minimum absolute atomic E-state index is 0.547. The normalized spacial score (nSPS) is 10.3. The molecule has 0 unspecified atom stereocenters. The number of rotatable bonds is 3. The molecule has 0 saturated heterocycles. The monoisotopic (exact) mass is 227 g/mol. The van der Waals surface area contributed by atoms with Gasteiger partial charge in [-0.1, -0.05) is 24.3 Å². The highest BCUT2D eigenvalue weighted by molar-refractivity contribution is 5.67. The van der Waals surface area contributed by atoms with Crippen LogP contribution in [0.1, 0.15) is 5.56 Å². The standard InChI is InChI=1S/C14H17N3/c1-17(2)14-8-7-12(10-16-14)13-6-4-3-5-11(13)9-15/h3-8,10H,9,15H2,1-2H3. The SMILES string of the molecule is CN(C)c1ccc(-c2ccccc2CN)cn1. The number of anilines is 1. The summed E-state index contributed by atoms with van der Waals surface area (Å²) in [6.07, 6.45) is 1.89. The van der Waals surface area contributed by atoms with Crippen LogP contribution >= 0.6 is 0 Å². The highest BCUT2D eigenvalue weighted by Crippen LogP contribution is 2.23. The Kier molecular flexibility index (Phi) is 3.40. The van der Waals surface area contributed by atoms with Gasteiger partial charge < -0.3 is 10.6 Å². The zero-order valence-corrected chi connectivity index (χ0v) is 10.2. The van der Waals surface area contributed by atoms with Crippen molar-refractivity contribution in [2.45, 2.75) is 6.54 Å². The second-order valence-corrected chi connectivity index (χ2v) is 4.16. The quantitative estimate of drug-likeness (QED) is 0.874. The molecule has 1 aromatic heterocycles. The molecule has 0 radical (unpaired) electrons. The zero-order valence-electron chi connectivity index (χ0n) is 10.2. The second-order valence-electron chi connectivity index (χ2n) is 4.16. The zero-order chi connectivity index (χ0) is 12.3. The van der Waals surface area contributed by atoms with Crippen LogP contribution in [0.25, 0.3) is 11.1 Å². The van der Waals surface area contributed by atoms with Crippen molar-refractivity contribution in [3.05, 3.63) is 48.2 Å². The highest BCUT2D eigenvalue weighted by atomic mass is 15.1. The van der Waals surface area contributed by atoms with Crippen molar-refractivity contribution in [2.24, 2.45) is 5.73 Å². The lowest BCUT2D eigenvalue weighted by atomic mass is 10.0. The van der Waals surface area contributed by atoms with E-state index in [0.717, 1.165) is 22.5 Å². The molecular formula is C14H17N3. The number of hydrogen-bond acceptors (Lipinski definition) is 3. The van der Waals surface area contributed by atoms with Crippen LogP contribution in [-0.2, 0) is 6.54 Å². The maximum atomic E-state index is 5.74. The predicted octanol–water partition coefficient (Wildman–Crippen LogP) is 2.27. The molecule has 0 spiro atoms. The second kappa shape index (κ2) is 4.97. The van der Waals surface area contributed by atoms with Crippen molar-refractivity contribution in [2.75, 3.05) is 19.0 Å². The van der Waals surface area contributed by atoms with E-state index in [1.165, 1.54) is 0 Å². The molecular weight excluding hydrogens is 210 g/mol. The van der Waals surface area contributed by atoms with E-state index < -0.39 is 0 Å². The summed E-state index contributed by atoms with van der Waals surface area (Å²) >= 11 is 0. The summed E-state index contributed by atoms with van der Waals surface area (Å²) in [6, 6.07) is 12.3. The van der Waals surface area contributed by atoms with Gasteiger partial charge in [-0.3, -0.25) is 0 Å². The molecule has 1 aromatic carbocycles. The Morgan fingerprint density at radius 2 is 1.88 bits per heavy atom. The first kappa shape index (κ1) is 11.6. The largest absolute Gasteiger partial charge is 0.363 e. The molecule has 17 heavy (non-hydrogen) atoms. The van der Waals surface area contributed by atoms with Gasteiger partial charge in [0.05, 0.1) is 0 Å². The average molecular weight is 227 g/mol. The molecule has 0 fully saturated rings. The minimum Gasteiger partial charge on any atom is -0.363 e. The number of hydrogen-bond donors (Lipinski definition) is 1. The fraction of sp³-hybridized carbons (Fsp3) is 0.214. The molecule has 0 aliphatic carbocycles. The van der Waals surface area contributed by atoms with E-state index in [1.807, 2.05) is 43.4 Å². The third kappa shape index (κ3) is 2.45. The lowest BCUT2D eigenvalue weighted by Crippen LogP contribution is -2.10. The Hall–Kier alpha value is -1.87. The number of pyridine rings is 1.